The predicted octanol–water partition coefficient (Wildman–Crippen LogP) is 3.07. The zero-order valence-corrected chi connectivity index (χ0v) is 16.0. The first-order chi connectivity index (χ1) is 12.9. The Morgan fingerprint density at radius 3 is 2.63 bits per heavy atom. The van der Waals surface area contributed by atoms with Gasteiger partial charge in [-0.3, -0.25) is 4.79 Å². The number of nitrogens with zero attached hydrogens (tertiary/aromatic N) is 4. The first kappa shape index (κ1) is 17.5. The third-order valence-corrected chi connectivity index (χ3v) is 5.61. The van der Waals surface area contributed by atoms with Crippen molar-refractivity contribution < 1.29 is 9.90 Å². The van der Waals surface area contributed by atoms with Crippen molar-refractivity contribution >= 4 is 23.5 Å². The summed E-state index contributed by atoms with van der Waals surface area (Å²) in [6.07, 6.45) is 0. The zero-order chi connectivity index (χ0) is 19.1. The summed E-state index contributed by atoms with van der Waals surface area (Å²) < 4.78 is 1.60. The molecule has 1 unspecified atom stereocenters. The Hall–Kier alpha value is -2.87. The van der Waals surface area contributed by atoms with Crippen LogP contribution in [0.1, 0.15) is 33.5 Å². The van der Waals surface area contributed by atoms with Gasteiger partial charge in [0.15, 0.2) is 0 Å². The lowest BCUT2D eigenvalue weighted by Crippen LogP contribution is -2.17. The molecule has 27 heavy (non-hydrogen) atoms. The lowest BCUT2D eigenvalue weighted by atomic mass is 10.0. The molecule has 0 bridgehead atoms. The Labute approximate surface area is 160 Å². The highest BCUT2D eigenvalue weighted by atomic mass is 32.2. The largest absolute Gasteiger partial charge is 0.508 e. The van der Waals surface area contributed by atoms with Gasteiger partial charge in [0.25, 0.3) is 5.95 Å². The van der Waals surface area contributed by atoms with E-state index in [0.29, 0.717) is 17.5 Å². The molecule has 3 heterocycles. The summed E-state index contributed by atoms with van der Waals surface area (Å²) in [7, 11) is 0. The second-order valence-corrected chi connectivity index (χ2v) is 7.64. The highest BCUT2D eigenvalue weighted by Gasteiger charge is 2.31. The van der Waals surface area contributed by atoms with Crippen LogP contribution in [0.5, 0.6) is 5.75 Å². The number of benzene rings is 1. The molecule has 8 heteroatoms. The monoisotopic (exact) mass is 381 g/mol. The van der Waals surface area contributed by atoms with Gasteiger partial charge < -0.3 is 10.4 Å². The van der Waals surface area contributed by atoms with E-state index >= 15 is 0 Å². The highest BCUT2D eigenvalue weighted by molar-refractivity contribution is 8.00. The topological polar surface area (TPSA) is 92.9 Å². The number of phenolic OH excluding ortho intramolecular Hbond substituents is 1. The van der Waals surface area contributed by atoms with Gasteiger partial charge in [0.2, 0.25) is 5.91 Å². The predicted molar refractivity (Wildman–Crippen MR) is 104 cm³/mol. The molecule has 1 amide bonds. The molecular weight excluding hydrogens is 362 g/mol. The second-order valence-electron chi connectivity index (χ2n) is 6.54. The fourth-order valence-corrected chi connectivity index (χ4v) is 4.46. The van der Waals surface area contributed by atoms with Crippen molar-refractivity contribution in [1.29, 1.82) is 0 Å². The molecule has 3 aromatic rings. The van der Waals surface area contributed by atoms with E-state index in [-0.39, 0.29) is 16.9 Å². The Kier molecular flexibility index (Phi) is 4.35. The van der Waals surface area contributed by atoms with Crippen LogP contribution >= 0.6 is 11.8 Å². The van der Waals surface area contributed by atoms with Gasteiger partial charge >= 0.3 is 0 Å². The van der Waals surface area contributed by atoms with E-state index in [0.717, 1.165) is 28.2 Å². The second kappa shape index (κ2) is 6.70. The van der Waals surface area contributed by atoms with E-state index in [1.807, 2.05) is 32.9 Å². The molecule has 0 radical (unpaired) electrons. The summed E-state index contributed by atoms with van der Waals surface area (Å²) in [5.41, 5.74) is 4.27. The normalized spacial score (nSPS) is 16.6. The fourth-order valence-electron chi connectivity index (χ4n) is 3.28. The lowest BCUT2D eigenvalue weighted by molar-refractivity contribution is -0.113. The van der Waals surface area contributed by atoms with Crippen molar-refractivity contribution in [2.24, 2.45) is 0 Å². The van der Waals surface area contributed by atoms with Crippen LogP contribution in [0.15, 0.2) is 30.3 Å². The maximum Gasteiger partial charge on any atom is 0.252 e. The zero-order valence-electron chi connectivity index (χ0n) is 15.2. The van der Waals surface area contributed by atoms with E-state index in [1.165, 1.54) is 11.8 Å². The molecule has 0 aliphatic carbocycles. The van der Waals surface area contributed by atoms with Crippen molar-refractivity contribution in [2.75, 3.05) is 11.1 Å². The molecule has 0 saturated carbocycles. The van der Waals surface area contributed by atoms with Crippen molar-refractivity contribution in [1.82, 2.24) is 19.7 Å². The number of anilines is 1. The number of thioether (sulfide) groups is 1. The van der Waals surface area contributed by atoms with Crippen molar-refractivity contribution in [2.45, 2.75) is 26.0 Å². The van der Waals surface area contributed by atoms with Crippen molar-refractivity contribution in [3.63, 3.8) is 0 Å². The van der Waals surface area contributed by atoms with Crippen LogP contribution in [-0.4, -0.2) is 36.5 Å². The van der Waals surface area contributed by atoms with Gasteiger partial charge in [-0.15, -0.1) is 11.8 Å². The molecule has 138 valence electrons. The summed E-state index contributed by atoms with van der Waals surface area (Å²) in [5.74, 6) is 1.41. The van der Waals surface area contributed by atoms with Crippen LogP contribution in [0.2, 0.25) is 0 Å². The van der Waals surface area contributed by atoms with Gasteiger partial charge in [0.05, 0.1) is 16.7 Å². The minimum Gasteiger partial charge on any atom is -0.508 e. The molecule has 1 atom stereocenters. The molecule has 0 saturated heterocycles. The van der Waals surface area contributed by atoms with Gasteiger partial charge in [-0.1, -0.05) is 12.1 Å². The number of phenols is 1. The first-order valence-electron chi connectivity index (χ1n) is 8.55. The lowest BCUT2D eigenvalue weighted by Gasteiger charge is -2.15. The van der Waals surface area contributed by atoms with Gasteiger partial charge in [0, 0.05) is 17.0 Å². The third-order valence-electron chi connectivity index (χ3n) is 4.34. The molecule has 1 aliphatic rings. The Bertz CT molecular complexity index is 1030. The summed E-state index contributed by atoms with van der Waals surface area (Å²) in [4.78, 5) is 21.3. The third kappa shape index (κ3) is 3.28. The minimum absolute atomic E-state index is 0.102. The molecule has 7 nitrogen and oxygen atoms in total. The average molecular weight is 381 g/mol. The number of nitrogens with one attached hydrogen (secondary N) is 1. The molecular formula is C19H19N5O2S. The molecule has 4 rings (SSSR count). The van der Waals surface area contributed by atoms with Crippen LogP contribution < -0.4 is 5.32 Å². The fraction of sp³-hybridized carbons (Fsp3) is 0.263. The van der Waals surface area contributed by atoms with Crippen LogP contribution in [0.3, 0.4) is 0 Å². The number of hydrogen-bond acceptors (Lipinski definition) is 6. The Morgan fingerprint density at radius 2 is 1.93 bits per heavy atom. The number of hydrogen-bond donors (Lipinski definition) is 2. The number of aromatic nitrogens is 4. The van der Waals surface area contributed by atoms with Gasteiger partial charge in [0.1, 0.15) is 11.6 Å². The van der Waals surface area contributed by atoms with Crippen molar-refractivity contribution in [3.8, 4) is 11.7 Å². The van der Waals surface area contributed by atoms with Crippen molar-refractivity contribution in [3.05, 3.63) is 58.5 Å². The molecule has 1 aliphatic heterocycles. The molecule has 2 aromatic heterocycles. The standard InChI is InChI=1S/C19H19N5O2S/c1-10-7-11(2)21-19(20-10)24-18-16(12(3)23-24)17(27-9-15(26)22-18)13-5-4-6-14(25)8-13/h4-8,17,25H,9H2,1-3H3,(H,22,26). The van der Waals surface area contributed by atoms with Crippen LogP contribution in [0.25, 0.3) is 5.95 Å². The quantitative estimate of drug-likeness (QED) is 0.709. The van der Waals surface area contributed by atoms with E-state index in [1.54, 1.807) is 22.9 Å². The van der Waals surface area contributed by atoms with Crippen LogP contribution in [0, 0.1) is 20.8 Å². The summed E-state index contributed by atoms with van der Waals surface area (Å²) in [6, 6.07) is 9.00. The number of aromatic hydroxyl groups is 1. The maximum absolute atomic E-state index is 12.4. The molecule has 1 aromatic carbocycles. The minimum atomic E-state index is -0.134. The van der Waals surface area contributed by atoms with Crippen LogP contribution in [-0.2, 0) is 4.79 Å². The first-order valence-corrected chi connectivity index (χ1v) is 9.60. The molecule has 0 fully saturated rings. The summed E-state index contributed by atoms with van der Waals surface area (Å²) in [6.45, 7) is 5.71. The molecule has 2 N–H and O–H groups in total. The number of rotatable bonds is 2. The number of aryl methyl sites for hydroxylation is 3. The smallest absolute Gasteiger partial charge is 0.252 e. The Balaban J connectivity index is 1.91. The maximum atomic E-state index is 12.4. The SMILES string of the molecule is Cc1cc(C)nc(-n2nc(C)c3c2NC(=O)CSC3c2cccc(O)c2)n1. The van der Waals surface area contributed by atoms with Gasteiger partial charge in [-0.2, -0.15) is 9.78 Å². The summed E-state index contributed by atoms with van der Waals surface area (Å²) >= 11 is 1.51. The van der Waals surface area contributed by atoms with E-state index in [4.69, 9.17) is 0 Å². The number of carbonyl (C=O) groups excluding carboxylic acids is 1. The Morgan fingerprint density at radius 1 is 1.19 bits per heavy atom. The number of carbonyl (C=O) groups is 1. The van der Waals surface area contributed by atoms with E-state index < -0.39 is 0 Å². The average Bonchev–Trinajstić information content (AvgIpc) is 2.81. The van der Waals surface area contributed by atoms with E-state index in [2.05, 4.69) is 20.4 Å². The van der Waals surface area contributed by atoms with E-state index in [9.17, 15) is 9.90 Å². The summed E-state index contributed by atoms with van der Waals surface area (Å²) in [5, 5.41) is 17.3. The van der Waals surface area contributed by atoms with Gasteiger partial charge in [-0.05, 0) is 44.5 Å². The molecule has 0 spiro atoms. The van der Waals surface area contributed by atoms with Crippen LogP contribution in [0.4, 0.5) is 5.82 Å². The number of fused-ring (bicyclic) bond motifs is 1. The highest BCUT2D eigenvalue weighted by Crippen LogP contribution is 2.44. The number of amides is 1. The van der Waals surface area contributed by atoms with Gasteiger partial charge in [-0.25, -0.2) is 9.97 Å².